The van der Waals surface area contributed by atoms with E-state index in [0.29, 0.717) is 11.4 Å². The lowest BCUT2D eigenvalue weighted by Crippen LogP contribution is -2.48. The Bertz CT molecular complexity index is 678. The highest BCUT2D eigenvalue weighted by Crippen LogP contribution is 2.15. The quantitative estimate of drug-likeness (QED) is 0.818. The van der Waals surface area contributed by atoms with Crippen LogP contribution in [0.4, 0.5) is 0 Å². The molecule has 0 saturated carbocycles. The van der Waals surface area contributed by atoms with Gasteiger partial charge >= 0.3 is 0 Å². The average molecular weight is 364 g/mol. The number of aromatic nitrogens is 1. The van der Waals surface area contributed by atoms with Gasteiger partial charge in [-0.05, 0) is 24.1 Å². The van der Waals surface area contributed by atoms with Crippen LogP contribution in [0.5, 0.6) is 0 Å². The molecule has 1 saturated heterocycles. The fraction of sp³-hybridized carbons (Fsp3) is 0.444. The number of hydrogen-bond acceptors (Lipinski definition) is 4. The van der Waals surface area contributed by atoms with Gasteiger partial charge in [-0.25, -0.2) is 4.98 Å². The van der Waals surface area contributed by atoms with E-state index in [2.05, 4.69) is 22.2 Å². The average Bonchev–Trinajstić information content (AvgIpc) is 3.05. The monoisotopic (exact) mass is 363 g/mol. The molecule has 1 aromatic carbocycles. The Labute approximate surface area is 152 Å². The van der Waals surface area contributed by atoms with Gasteiger partial charge in [-0.2, -0.15) is 0 Å². The van der Waals surface area contributed by atoms with Gasteiger partial charge in [0.2, 0.25) is 5.91 Å². The predicted molar refractivity (Wildman–Crippen MR) is 98.5 cm³/mol. The van der Waals surface area contributed by atoms with Crippen LogP contribution in [0, 0.1) is 0 Å². The summed E-state index contributed by atoms with van der Waals surface area (Å²) in [6.45, 7) is 6.41. The number of aryl methyl sites for hydroxylation is 1. The molecule has 0 aliphatic carbocycles. The minimum absolute atomic E-state index is 0.193. The first-order valence-electron chi connectivity index (χ1n) is 8.32. The van der Waals surface area contributed by atoms with E-state index in [0.717, 1.165) is 50.4 Å². The van der Waals surface area contributed by atoms with Crippen molar-refractivity contribution in [1.29, 1.82) is 0 Å². The van der Waals surface area contributed by atoms with Gasteiger partial charge in [0.1, 0.15) is 0 Å². The molecule has 2 aromatic rings. The van der Waals surface area contributed by atoms with Crippen LogP contribution in [0.1, 0.15) is 23.2 Å². The van der Waals surface area contributed by atoms with E-state index in [1.807, 2.05) is 29.2 Å². The standard InChI is InChI=1S/C18H22ClN3OS/c1-2-17-20-16(13-24-17)12-21-7-9-22(10-8-21)18(23)11-14-3-5-15(19)6-4-14/h3-6,13H,2,7-12H2,1H3. The number of carbonyl (C=O) groups excluding carboxylic acids is 1. The van der Waals surface area contributed by atoms with E-state index >= 15 is 0 Å². The maximum absolute atomic E-state index is 12.4. The highest BCUT2D eigenvalue weighted by Gasteiger charge is 2.21. The van der Waals surface area contributed by atoms with Gasteiger partial charge in [0.05, 0.1) is 17.1 Å². The van der Waals surface area contributed by atoms with Crippen LogP contribution in [0.15, 0.2) is 29.6 Å². The zero-order valence-corrected chi connectivity index (χ0v) is 15.4. The molecule has 3 rings (SSSR count). The molecule has 24 heavy (non-hydrogen) atoms. The summed E-state index contributed by atoms with van der Waals surface area (Å²) in [6, 6.07) is 7.51. The molecule has 0 radical (unpaired) electrons. The minimum atomic E-state index is 0.193. The number of amides is 1. The van der Waals surface area contributed by atoms with Crippen LogP contribution < -0.4 is 0 Å². The summed E-state index contributed by atoms with van der Waals surface area (Å²) in [5, 5.41) is 4.05. The van der Waals surface area contributed by atoms with Gasteiger partial charge in [0.25, 0.3) is 0 Å². The lowest BCUT2D eigenvalue weighted by Gasteiger charge is -2.34. The number of rotatable bonds is 5. The number of piperazine rings is 1. The highest BCUT2D eigenvalue weighted by molar-refractivity contribution is 7.09. The Morgan fingerprint density at radius 1 is 1.21 bits per heavy atom. The van der Waals surface area contributed by atoms with E-state index < -0.39 is 0 Å². The lowest BCUT2D eigenvalue weighted by molar-refractivity contribution is -0.132. The van der Waals surface area contributed by atoms with Crippen molar-refractivity contribution in [3.8, 4) is 0 Å². The Hall–Kier alpha value is -1.43. The molecule has 0 bridgehead atoms. The van der Waals surface area contributed by atoms with E-state index in [1.165, 1.54) is 5.01 Å². The molecule has 1 aromatic heterocycles. The first-order chi connectivity index (χ1) is 11.6. The number of nitrogens with zero attached hydrogens (tertiary/aromatic N) is 3. The third-order valence-corrected chi connectivity index (χ3v) is 5.57. The molecule has 0 atom stereocenters. The molecule has 6 heteroatoms. The van der Waals surface area contributed by atoms with Crippen LogP contribution in [0.25, 0.3) is 0 Å². The van der Waals surface area contributed by atoms with Gasteiger partial charge in [-0.15, -0.1) is 11.3 Å². The van der Waals surface area contributed by atoms with Gasteiger partial charge < -0.3 is 4.90 Å². The van der Waals surface area contributed by atoms with Crippen molar-refractivity contribution in [1.82, 2.24) is 14.8 Å². The Morgan fingerprint density at radius 2 is 1.92 bits per heavy atom. The summed E-state index contributed by atoms with van der Waals surface area (Å²) < 4.78 is 0. The second-order valence-electron chi connectivity index (χ2n) is 6.05. The molecule has 2 heterocycles. The first kappa shape index (κ1) is 17.4. The zero-order valence-electron chi connectivity index (χ0n) is 13.9. The normalized spacial score (nSPS) is 15.7. The van der Waals surface area contributed by atoms with E-state index in [-0.39, 0.29) is 5.91 Å². The molecule has 1 fully saturated rings. The van der Waals surface area contributed by atoms with Gasteiger partial charge in [0, 0.05) is 43.1 Å². The lowest BCUT2D eigenvalue weighted by atomic mass is 10.1. The second kappa shape index (κ2) is 8.10. The third-order valence-electron chi connectivity index (χ3n) is 4.28. The second-order valence-corrected chi connectivity index (χ2v) is 7.43. The van der Waals surface area contributed by atoms with E-state index in [1.54, 1.807) is 11.3 Å². The molecule has 0 spiro atoms. The summed E-state index contributed by atoms with van der Waals surface area (Å²) in [7, 11) is 0. The van der Waals surface area contributed by atoms with Crippen molar-refractivity contribution in [3.05, 3.63) is 50.9 Å². The first-order valence-corrected chi connectivity index (χ1v) is 9.57. The van der Waals surface area contributed by atoms with Crippen LogP contribution in [0.3, 0.4) is 0 Å². The topological polar surface area (TPSA) is 36.4 Å². The molecule has 1 amide bonds. The van der Waals surface area contributed by atoms with Crippen molar-refractivity contribution >= 4 is 28.8 Å². The van der Waals surface area contributed by atoms with E-state index in [4.69, 9.17) is 11.6 Å². The zero-order chi connectivity index (χ0) is 16.9. The summed E-state index contributed by atoms with van der Waals surface area (Å²) in [5.74, 6) is 0.193. The van der Waals surface area contributed by atoms with Crippen molar-refractivity contribution in [2.75, 3.05) is 26.2 Å². The Morgan fingerprint density at radius 3 is 2.54 bits per heavy atom. The SMILES string of the molecule is CCc1nc(CN2CCN(C(=O)Cc3ccc(Cl)cc3)CC2)cs1. The Balaban J connectivity index is 1.47. The maximum Gasteiger partial charge on any atom is 0.227 e. The van der Waals surface area contributed by atoms with Gasteiger partial charge in [0.15, 0.2) is 0 Å². The smallest absolute Gasteiger partial charge is 0.227 e. The fourth-order valence-corrected chi connectivity index (χ4v) is 3.72. The van der Waals surface area contributed by atoms with Crippen molar-refractivity contribution < 1.29 is 4.79 Å². The van der Waals surface area contributed by atoms with Gasteiger partial charge in [-0.3, -0.25) is 9.69 Å². The van der Waals surface area contributed by atoms with Crippen molar-refractivity contribution in [3.63, 3.8) is 0 Å². The van der Waals surface area contributed by atoms with Crippen LogP contribution in [0.2, 0.25) is 5.02 Å². The summed E-state index contributed by atoms with van der Waals surface area (Å²) in [5.41, 5.74) is 2.17. The van der Waals surface area contributed by atoms with Crippen molar-refractivity contribution in [2.45, 2.75) is 26.3 Å². The minimum Gasteiger partial charge on any atom is -0.340 e. The third kappa shape index (κ3) is 4.56. The van der Waals surface area contributed by atoms with Crippen molar-refractivity contribution in [2.24, 2.45) is 0 Å². The van der Waals surface area contributed by atoms with Crippen LogP contribution >= 0.6 is 22.9 Å². The Kier molecular flexibility index (Phi) is 5.87. The summed E-state index contributed by atoms with van der Waals surface area (Å²) >= 11 is 7.62. The molecular formula is C18H22ClN3OS. The fourth-order valence-electron chi connectivity index (χ4n) is 2.86. The maximum atomic E-state index is 12.4. The predicted octanol–water partition coefficient (Wildman–Crippen LogP) is 3.25. The number of carbonyl (C=O) groups is 1. The number of halogens is 1. The molecule has 128 valence electrons. The summed E-state index contributed by atoms with van der Waals surface area (Å²) in [6.07, 6.45) is 1.45. The molecule has 4 nitrogen and oxygen atoms in total. The molecular weight excluding hydrogens is 342 g/mol. The number of hydrogen-bond donors (Lipinski definition) is 0. The van der Waals surface area contributed by atoms with E-state index in [9.17, 15) is 4.79 Å². The number of thiazole rings is 1. The summed E-state index contributed by atoms with van der Waals surface area (Å²) in [4.78, 5) is 21.4. The molecule has 1 aliphatic rings. The van der Waals surface area contributed by atoms with Crippen LogP contribution in [-0.2, 0) is 24.2 Å². The largest absolute Gasteiger partial charge is 0.340 e. The molecule has 1 aliphatic heterocycles. The molecule has 0 unspecified atom stereocenters. The number of benzene rings is 1. The highest BCUT2D eigenvalue weighted by atomic mass is 35.5. The van der Waals surface area contributed by atoms with Crippen LogP contribution in [-0.4, -0.2) is 46.9 Å². The van der Waals surface area contributed by atoms with Gasteiger partial charge in [-0.1, -0.05) is 30.7 Å². The molecule has 0 N–H and O–H groups in total.